The highest BCUT2D eigenvalue weighted by Crippen LogP contribution is 2.16. The van der Waals surface area contributed by atoms with Crippen molar-refractivity contribution in [3.05, 3.63) is 48.7 Å². The van der Waals surface area contributed by atoms with Gasteiger partial charge < -0.3 is 9.32 Å². The molecule has 0 saturated carbocycles. The number of hydrogen-bond acceptors (Lipinski definition) is 4. The van der Waals surface area contributed by atoms with E-state index in [1.54, 1.807) is 12.5 Å². The van der Waals surface area contributed by atoms with E-state index in [4.69, 9.17) is 4.42 Å². The minimum atomic E-state index is 0.808. The molecule has 2 aromatic rings. The van der Waals surface area contributed by atoms with E-state index in [-0.39, 0.29) is 0 Å². The lowest BCUT2D eigenvalue weighted by atomic mass is 10.2. The molecule has 4 heteroatoms. The SMILES string of the molecule is c1ccc(N2CCN(Cc3ncco3)CC2)cc1. The summed E-state index contributed by atoms with van der Waals surface area (Å²) in [6.45, 7) is 5.04. The third-order valence-corrected chi connectivity index (χ3v) is 3.34. The van der Waals surface area contributed by atoms with Crippen molar-refractivity contribution in [2.24, 2.45) is 0 Å². The van der Waals surface area contributed by atoms with Crippen LogP contribution in [0.2, 0.25) is 0 Å². The zero-order valence-corrected chi connectivity index (χ0v) is 10.3. The van der Waals surface area contributed by atoms with Crippen molar-refractivity contribution in [1.82, 2.24) is 9.88 Å². The summed E-state index contributed by atoms with van der Waals surface area (Å²) < 4.78 is 5.28. The van der Waals surface area contributed by atoms with Crippen LogP contribution in [0.4, 0.5) is 5.69 Å². The summed E-state index contributed by atoms with van der Waals surface area (Å²) in [4.78, 5) is 8.97. The van der Waals surface area contributed by atoms with E-state index in [1.807, 2.05) is 0 Å². The minimum Gasteiger partial charge on any atom is -0.448 e. The van der Waals surface area contributed by atoms with Crippen LogP contribution in [0.1, 0.15) is 5.89 Å². The monoisotopic (exact) mass is 243 g/mol. The number of nitrogens with zero attached hydrogens (tertiary/aromatic N) is 3. The van der Waals surface area contributed by atoms with Crippen LogP contribution < -0.4 is 4.90 Å². The largest absolute Gasteiger partial charge is 0.448 e. The fourth-order valence-electron chi connectivity index (χ4n) is 2.33. The van der Waals surface area contributed by atoms with Crippen molar-refractivity contribution >= 4 is 5.69 Å². The first-order valence-electron chi connectivity index (χ1n) is 6.32. The molecule has 2 heterocycles. The van der Waals surface area contributed by atoms with E-state index in [9.17, 15) is 0 Å². The van der Waals surface area contributed by atoms with Crippen LogP contribution in [-0.4, -0.2) is 36.1 Å². The standard InChI is InChI=1S/C14H17N3O/c1-2-4-13(5-3-1)17-9-7-16(8-10-17)12-14-15-6-11-18-14/h1-6,11H,7-10,12H2. The van der Waals surface area contributed by atoms with Crippen LogP contribution in [0.25, 0.3) is 0 Å². The van der Waals surface area contributed by atoms with Gasteiger partial charge in [0, 0.05) is 31.9 Å². The Morgan fingerprint density at radius 2 is 1.83 bits per heavy atom. The second kappa shape index (κ2) is 5.23. The van der Waals surface area contributed by atoms with Crippen LogP contribution in [0.5, 0.6) is 0 Å². The maximum absolute atomic E-state index is 5.28. The molecule has 0 spiro atoms. The molecular formula is C14H17N3O. The van der Waals surface area contributed by atoms with Gasteiger partial charge in [-0.1, -0.05) is 18.2 Å². The predicted molar refractivity (Wildman–Crippen MR) is 70.4 cm³/mol. The van der Waals surface area contributed by atoms with Gasteiger partial charge in [0.15, 0.2) is 0 Å². The van der Waals surface area contributed by atoms with E-state index in [0.717, 1.165) is 38.6 Å². The van der Waals surface area contributed by atoms with Crippen molar-refractivity contribution < 1.29 is 4.42 Å². The number of rotatable bonds is 3. The normalized spacial score (nSPS) is 17.0. The summed E-state index contributed by atoms with van der Waals surface area (Å²) in [5, 5.41) is 0. The molecule has 0 atom stereocenters. The molecule has 94 valence electrons. The van der Waals surface area contributed by atoms with Crippen LogP contribution in [-0.2, 0) is 6.54 Å². The Balaban J connectivity index is 1.55. The third kappa shape index (κ3) is 2.54. The van der Waals surface area contributed by atoms with Gasteiger partial charge >= 0.3 is 0 Å². The highest BCUT2D eigenvalue weighted by atomic mass is 16.3. The summed E-state index contributed by atoms with van der Waals surface area (Å²) in [7, 11) is 0. The number of oxazole rings is 1. The maximum atomic E-state index is 5.28. The van der Waals surface area contributed by atoms with Gasteiger partial charge in [0.2, 0.25) is 5.89 Å². The number of benzene rings is 1. The molecule has 0 aliphatic carbocycles. The number of anilines is 1. The Morgan fingerprint density at radius 1 is 1.06 bits per heavy atom. The lowest BCUT2D eigenvalue weighted by Crippen LogP contribution is -2.46. The zero-order valence-electron chi connectivity index (χ0n) is 10.3. The lowest BCUT2D eigenvalue weighted by molar-refractivity contribution is 0.226. The fraction of sp³-hybridized carbons (Fsp3) is 0.357. The smallest absolute Gasteiger partial charge is 0.208 e. The van der Waals surface area contributed by atoms with Crippen LogP contribution in [0, 0.1) is 0 Å². The predicted octanol–water partition coefficient (Wildman–Crippen LogP) is 2.00. The Bertz CT molecular complexity index is 461. The molecule has 0 N–H and O–H groups in total. The van der Waals surface area contributed by atoms with Gasteiger partial charge in [0.05, 0.1) is 12.7 Å². The van der Waals surface area contributed by atoms with E-state index in [0.29, 0.717) is 0 Å². The molecule has 0 amide bonds. The number of aromatic nitrogens is 1. The molecule has 1 aliphatic rings. The van der Waals surface area contributed by atoms with E-state index >= 15 is 0 Å². The summed E-state index contributed by atoms with van der Waals surface area (Å²) in [5.74, 6) is 0.808. The van der Waals surface area contributed by atoms with Gasteiger partial charge in [-0.25, -0.2) is 4.98 Å². The average molecular weight is 243 g/mol. The molecule has 0 bridgehead atoms. The van der Waals surface area contributed by atoms with Gasteiger partial charge in [-0.05, 0) is 12.1 Å². The van der Waals surface area contributed by atoms with Crippen molar-refractivity contribution in [1.29, 1.82) is 0 Å². The maximum Gasteiger partial charge on any atom is 0.208 e. The molecule has 0 unspecified atom stereocenters. The third-order valence-electron chi connectivity index (χ3n) is 3.34. The van der Waals surface area contributed by atoms with Crippen LogP contribution >= 0.6 is 0 Å². The molecule has 1 saturated heterocycles. The number of hydrogen-bond donors (Lipinski definition) is 0. The van der Waals surface area contributed by atoms with Gasteiger partial charge in [0.25, 0.3) is 0 Å². The first-order chi connectivity index (χ1) is 8.92. The highest BCUT2D eigenvalue weighted by Gasteiger charge is 2.18. The molecule has 4 nitrogen and oxygen atoms in total. The van der Waals surface area contributed by atoms with Gasteiger partial charge in [0.1, 0.15) is 6.26 Å². The minimum absolute atomic E-state index is 0.808. The Labute approximate surface area is 107 Å². The van der Waals surface area contributed by atoms with Crippen molar-refractivity contribution in [3.63, 3.8) is 0 Å². The first kappa shape index (κ1) is 11.3. The molecule has 3 rings (SSSR count). The van der Waals surface area contributed by atoms with Crippen LogP contribution in [0.3, 0.4) is 0 Å². The van der Waals surface area contributed by atoms with Crippen molar-refractivity contribution in [3.8, 4) is 0 Å². The summed E-state index contributed by atoms with van der Waals surface area (Å²) in [6, 6.07) is 10.6. The van der Waals surface area contributed by atoms with Crippen LogP contribution in [0.15, 0.2) is 47.2 Å². The molecule has 1 aliphatic heterocycles. The fourth-order valence-corrected chi connectivity index (χ4v) is 2.33. The Morgan fingerprint density at radius 3 is 2.50 bits per heavy atom. The lowest BCUT2D eigenvalue weighted by Gasteiger charge is -2.35. The Kier molecular flexibility index (Phi) is 3.28. The Hall–Kier alpha value is -1.81. The zero-order chi connectivity index (χ0) is 12.2. The number of piperazine rings is 1. The summed E-state index contributed by atoms with van der Waals surface area (Å²) >= 11 is 0. The second-order valence-electron chi connectivity index (χ2n) is 4.52. The average Bonchev–Trinajstić information content (AvgIpc) is 2.94. The first-order valence-corrected chi connectivity index (χ1v) is 6.32. The second-order valence-corrected chi connectivity index (χ2v) is 4.52. The van der Waals surface area contributed by atoms with Crippen molar-refractivity contribution in [2.75, 3.05) is 31.1 Å². The van der Waals surface area contributed by atoms with E-state index in [1.165, 1.54) is 5.69 Å². The van der Waals surface area contributed by atoms with E-state index in [2.05, 4.69) is 45.1 Å². The molecule has 1 aromatic carbocycles. The molecule has 1 aromatic heterocycles. The molecule has 1 fully saturated rings. The molecular weight excluding hydrogens is 226 g/mol. The quantitative estimate of drug-likeness (QED) is 0.825. The molecule has 18 heavy (non-hydrogen) atoms. The highest BCUT2D eigenvalue weighted by molar-refractivity contribution is 5.46. The summed E-state index contributed by atoms with van der Waals surface area (Å²) in [5.41, 5.74) is 1.31. The topological polar surface area (TPSA) is 32.5 Å². The van der Waals surface area contributed by atoms with Gasteiger partial charge in [-0.3, -0.25) is 4.90 Å². The van der Waals surface area contributed by atoms with Gasteiger partial charge in [-0.15, -0.1) is 0 Å². The van der Waals surface area contributed by atoms with E-state index < -0.39 is 0 Å². The summed E-state index contributed by atoms with van der Waals surface area (Å²) in [6.07, 6.45) is 3.34. The number of para-hydroxylation sites is 1. The molecule has 0 radical (unpaired) electrons. The van der Waals surface area contributed by atoms with Crippen molar-refractivity contribution in [2.45, 2.75) is 6.54 Å². The van der Waals surface area contributed by atoms with Gasteiger partial charge in [-0.2, -0.15) is 0 Å².